The zero-order chi connectivity index (χ0) is 21.4. The fraction of sp³-hybridized carbons (Fsp3) is 0.609. The molecule has 8 nitrogen and oxygen atoms in total. The van der Waals surface area contributed by atoms with Gasteiger partial charge in [-0.2, -0.15) is 0 Å². The normalized spacial score (nSPS) is 21.7. The maximum Gasteiger partial charge on any atom is 0.256 e. The maximum absolute atomic E-state index is 13.4. The Morgan fingerprint density at radius 1 is 0.839 bits per heavy atom. The number of amides is 3. The molecule has 31 heavy (non-hydrogen) atoms. The third-order valence-electron chi connectivity index (χ3n) is 6.60. The molecule has 2 aliphatic carbocycles. The van der Waals surface area contributed by atoms with Gasteiger partial charge in [0.2, 0.25) is 11.8 Å². The van der Waals surface area contributed by atoms with E-state index in [1.807, 2.05) is 28.0 Å². The smallest absolute Gasteiger partial charge is 0.256 e. The molecule has 0 atom stereocenters. The second kappa shape index (κ2) is 8.49. The summed E-state index contributed by atoms with van der Waals surface area (Å²) in [6.45, 7) is 5.00. The van der Waals surface area contributed by atoms with Crippen LogP contribution >= 0.6 is 0 Å². The number of hydrogen-bond acceptors (Lipinski definition) is 5. The van der Waals surface area contributed by atoms with Crippen LogP contribution in [0.25, 0.3) is 0 Å². The number of carbonyl (C=O) groups is 3. The van der Waals surface area contributed by atoms with Crippen LogP contribution in [0.15, 0.2) is 18.2 Å². The van der Waals surface area contributed by atoms with E-state index in [1.54, 1.807) is 0 Å². The number of morpholine rings is 1. The van der Waals surface area contributed by atoms with Gasteiger partial charge in [0, 0.05) is 62.5 Å². The molecule has 1 aromatic carbocycles. The molecule has 2 saturated carbocycles. The average Bonchev–Trinajstić information content (AvgIpc) is 3.72. The van der Waals surface area contributed by atoms with Crippen molar-refractivity contribution < 1.29 is 19.1 Å². The summed E-state index contributed by atoms with van der Waals surface area (Å²) in [7, 11) is 0. The van der Waals surface area contributed by atoms with Crippen LogP contribution in [-0.2, 0) is 14.3 Å². The van der Waals surface area contributed by atoms with E-state index in [4.69, 9.17) is 4.74 Å². The molecule has 1 aromatic rings. The van der Waals surface area contributed by atoms with Crippen LogP contribution < -0.4 is 10.2 Å². The fourth-order valence-electron chi connectivity index (χ4n) is 4.34. The van der Waals surface area contributed by atoms with Gasteiger partial charge in [-0.25, -0.2) is 0 Å². The van der Waals surface area contributed by atoms with Gasteiger partial charge in [0.15, 0.2) is 0 Å². The Balaban J connectivity index is 1.35. The number of hydrogen-bond donors (Lipinski definition) is 1. The number of ether oxygens (including phenoxy) is 1. The van der Waals surface area contributed by atoms with Gasteiger partial charge < -0.3 is 24.8 Å². The molecule has 166 valence electrons. The molecule has 0 spiro atoms. The number of nitrogens with zero attached hydrogens (tertiary/aromatic N) is 3. The second-order valence-corrected chi connectivity index (χ2v) is 8.99. The quantitative estimate of drug-likeness (QED) is 0.773. The van der Waals surface area contributed by atoms with Gasteiger partial charge in [0.25, 0.3) is 5.91 Å². The summed E-state index contributed by atoms with van der Waals surface area (Å²) in [6, 6.07) is 5.64. The standard InChI is InChI=1S/C23H30N4O4/c28-21(16-1-2-16)24-18-5-6-20(19(15-18)23(30)27-11-13-31-14-12-27)25-7-9-26(10-8-25)22(29)17-3-4-17/h5-6,15-17H,1-4,7-14H2,(H,24,28). The largest absolute Gasteiger partial charge is 0.378 e. The summed E-state index contributed by atoms with van der Waals surface area (Å²) >= 11 is 0. The van der Waals surface area contributed by atoms with Crippen molar-refractivity contribution in [1.29, 1.82) is 0 Å². The van der Waals surface area contributed by atoms with Crippen LogP contribution in [0.2, 0.25) is 0 Å². The molecular formula is C23H30N4O4. The van der Waals surface area contributed by atoms with Gasteiger partial charge >= 0.3 is 0 Å². The molecule has 1 N–H and O–H groups in total. The predicted octanol–water partition coefficient (Wildman–Crippen LogP) is 1.57. The van der Waals surface area contributed by atoms with E-state index in [1.165, 1.54) is 0 Å². The Kier molecular flexibility index (Phi) is 5.56. The molecule has 3 amide bonds. The maximum atomic E-state index is 13.4. The Bertz CT molecular complexity index is 866. The summed E-state index contributed by atoms with van der Waals surface area (Å²) in [5.41, 5.74) is 2.15. The van der Waals surface area contributed by atoms with Gasteiger partial charge in [-0.15, -0.1) is 0 Å². The summed E-state index contributed by atoms with van der Waals surface area (Å²) in [4.78, 5) is 44.0. The highest BCUT2D eigenvalue weighted by molar-refractivity contribution is 6.02. The van der Waals surface area contributed by atoms with Crippen LogP contribution in [0.5, 0.6) is 0 Å². The molecule has 0 unspecified atom stereocenters. The molecule has 2 heterocycles. The molecule has 4 aliphatic rings. The van der Waals surface area contributed by atoms with Crippen molar-refractivity contribution in [3.8, 4) is 0 Å². The van der Waals surface area contributed by atoms with Crippen LogP contribution in [0.3, 0.4) is 0 Å². The monoisotopic (exact) mass is 426 g/mol. The van der Waals surface area contributed by atoms with E-state index in [0.717, 1.165) is 31.4 Å². The van der Waals surface area contributed by atoms with Gasteiger partial charge in [0.1, 0.15) is 0 Å². The zero-order valence-corrected chi connectivity index (χ0v) is 17.8. The van der Waals surface area contributed by atoms with E-state index in [0.29, 0.717) is 63.7 Å². The van der Waals surface area contributed by atoms with E-state index in [2.05, 4.69) is 10.2 Å². The minimum Gasteiger partial charge on any atom is -0.378 e. The summed E-state index contributed by atoms with van der Waals surface area (Å²) in [5, 5.41) is 2.97. The molecule has 4 fully saturated rings. The first-order chi connectivity index (χ1) is 15.1. The van der Waals surface area contributed by atoms with Gasteiger partial charge in [-0.3, -0.25) is 14.4 Å². The third-order valence-corrected chi connectivity index (χ3v) is 6.60. The SMILES string of the molecule is O=C(Nc1ccc(N2CCN(C(=O)C3CC3)CC2)c(C(=O)N2CCOCC2)c1)C1CC1. The molecule has 0 bridgehead atoms. The van der Waals surface area contributed by atoms with E-state index >= 15 is 0 Å². The van der Waals surface area contributed by atoms with Crippen LogP contribution in [0.1, 0.15) is 36.0 Å². The summed E-state index contributed by atoms with van der Waals surface area (Å²) < 4.78 is 5.40. The molecule has 5 rings (SSSR count). The van der Waals surface area contributed by atoms with Crippen LogP contribution in [0, 0.1) is 11.8 Å². The lowest BCUT2D eigenvalue weighted by Crippen LogP contribution is -2.50. The molecular weight excluding hydrogens is 396 g/mol. The fourth-order valence-corrected chi connectivity index (χ4v) is 4.34. The highest BCUT2D eigenvalue weighted by Gasteiger charge is 2.35. The molecule has 8 heteroatoms. The molecule has 0 aromatic heterocycles. The number of piperazine rings is 1. The first-order valence-electron chi connectivity index (χ1n) is 11.5. The number of anilines is 2. The Morgan fingerprint density at radius 2 is 1.52 bits per heavy atom. The highest BCUT2D eigenvalue weighted by Crippen LogP contribution is 2.33. The van der Waals surface area contributed by atoms with Crippen molar-refractivity contribution in [3.05, 3.63) is 23.8 Å². The Labute approximate surface area is 182 Å². The number of nitrogens with one attached hydrogen (secondary N) is 1. The lowest BCUT2D eigenvalue weighted by Gasteiger charge is -2.37. The van der Waals surface area contributed by atoms with Gasteiger partial charge in [-0.1, -0.05) is 0 Å². The molecule has 2 aliphatic heterocycles. The number of carbonyl (C=O) groups excluding carboxylic acids is 3. The van der Waals surface area contributed by atoms with Crippen molar-refractivity contribution in [2.75, 3.05) is 62.7 Å². The highest BCUT2D eigenvalue weighted by atomic mass is 16.5. The second-order valence-electron chi connectivity index (χ2n) is 8.99. The summed E-state index contributed by atoms with van der Waals surface area (Å²) in [6.07, 6.45) is 3.91. The molecule has 2 saturated heterocycles. The minimum absolute atomic E-state index is 0.0303. The van der Waals surface area contributed by atoms with E-state index in [-0.39, 0.29) is 29.6 Å². The first-order valence-corrected chi connectivity index (χ1v) is 11.5. The third kappa shape index (κ3) is 4.54. The average molecular weight is 427 g/mol. The Hall–Kier alpha value is -2.61. The van der Waals surface area contributed by atoms with Crippen LogP contribution in [0.4, 0.5) is 11.4 Å². The lowest BCUT2D eigenvalue weighted by molar-refractivity contribution is -0.132. The topological polar surface area (TPSA) is 82.2 Å². The first kappa shape index (κ1) is 20.3. The minimum atomic E-state index is -0.0303. The van der Waals surface area contributed by atoms with E-state index in [9.17, 15) is 14.4 Å². The van der Waals surface area contributed by atoms with Crippen molar-refractivity contribution in [2.24, 2.45) is 11.8 Å². The van der Waals surface area contributed by atoms with E-state index < -0.39 is 0 Å². The van der Waals surface area contributed by atoms with Crippen LogP contribution in [-0.4, -0.2) is 80.0 Å². The summed E-state index contributed by atoms with van der Waals surface area (Å²) in [5.74, 6) is 0.624. The van der Waals surface area contributed by atoms with Gasteiger partial charge in [0.05, 0.1) is 18.8 Å². The lowest BCUT2D eigenvalue weighted by atomic mass is 10.1. The zero-order valence-electron chi connectivity index (χ0n) is 17.8. The van der Waals surface area contributed by atoms with Crippen molar-refractivity contribution in [3.63, 3.8) is 0 Å². The van der Waals surface area contributed by atoms with Crippen molar-refractivity contribution in [2.45, 2.75) is 25.7 Å². The number of benzene rings is 1. The Morgan fingerprint density at radius 3 is 2.16 bits per heavy atom. The molecule has 0 radical (unpaired) electrons. The van der Waals surface area contributed by atoms with Crippen molar-refractivity contribution >= 4 is 29.1 Å². The predicted molar refractivity (Wildman–Crippen MR) is 116 cm³/mol. The van der Waals surface area contributed by atoms with Gasteiger partial charge in [-0.05, 0) is 43.9 Å². The van der Waals surface area contributed by atoms with Crippen molar-refractivity contribution in [1.82, 2.24) is 9.80 Å². The number of rotatable bonds is 5.